The van der Waals surface area contributed by atoms with Crippen molar-refractivity contribution in [2.24, 2.45) is 0 Å². The van der Waals surface area contributed by atoms with Crippen molar-refractivity contribution in [1.82, 2.24) is 9.80 Å². The number of hydrogen-bond acceptors (Lipinski definition) is 4. The van der Waals surface area contributed by atoms with Gasteiger partial charge in [-0.3, -0.25) is 9.80 Å². The van der Waals surface area contributed by atoms with E-state index in [1.54, 1.807) is 0 Å². The number of morpholine rings is 2. The van der Waals surface area contributed by atoms with Crippen molar-refractivity contribution in [1.29, 1.82) is 0 Å². The SMILES string of the molecule is c1cc(CN2CCOC3CCCCC32)ccc1CN1CCOC2CCCCC21. The fraction of sp³-hybridized carbons (Fsp3) is 0.750. The van der Waals surface area contributed by atoms with Gasteiger partial charge in [-0.1, -0.05) is 49.9 Å². The number of fused-ring (bicyclic) bond motifs is 2. The van der Waals surface area contributed by atoms with E-state index in [4.69, 9.17) is 9.47 Å². The van der Waals surface area contributed by atoms with E-state index >= 15 is 0 Å². The standard InChI is InChI=1S/C24H36N2O2/c1-3-7-23-21(5-1)25(13-15-27-23)17-19-9-11-20(12-10-19)18-26-14-16-28-24-8-4-2-6-22(24)26/h9-12,21-24H,1-8,13-18H2. The van der Waals surface area contributed by atoms with Crippen molar-refractivity contribution in [3.05, 3.63) is 35.4 Å². The molecule has 2 saturated carbocycles. The van der Waals surface area contributed by atoms with Gasteiger partial charge in [0.1, 0.15) is 0 Å². The fourth-order valence-electron chi connectivity index (χ4n) is 5.96. The Kier molecular flexibility index (Phi) is 6.00. The lowest BCUT2D eigenvalue weighted by atomic mass is 9.89. The molecule has 1 aromatic rings. The summed E-state index contributed by atoms with van der Waals surface area (Å²) in [7, 11) is 0. The smallest absolute Gasteiger partial charge is 0.0731 e. The molecule has 4 heteroatoms. The molecule has 4 aliphatic rings. The van der Waals surface area contributed by atoms with Gasteiger partial charge in [-0.15, -0.1) is 0 Å². The Bertz CT molecular complexity index is 575. The third kappa shape index (κ3) is 4.16. The average molecular weight is 385 g/mol. The van der Waals surface area contributed by atoms with Crippen LogP contribution in [0.2, 0.25) is 0 Å². The van der Waals surface area contributed by atoms with Crippen LogP contribution in [0.5, 0.6) is 0 Å². The molecule has 0 N–H and O–H groups in total. The summed E-state index contributed by atoms with van der Waals surface area (Å²) < 4.78 is 12.1. The summed E-state index contributed by atoms with van der Waals surface area (Å²) in [5, 5.41) is 0. The first-order valence-corrected chi connectivity index (χ1v) is 11.7. The first kappa shape index (κ1) is 19.0. The normalized spacial score (nSPS) is 34.6. The van der Waals surface area contributed by atoms with Gasteiger partial charge in [-0.2, -0.15) is 0 Å². The molecule has 4 fully saturated rings. The number of benzene rings is 1. The van der Waals surface area contributed by atoms with Crippen molar-refractivity contribution in [3.8, 4) is 0 Å². The Morgan fingerprint density at radius 1 is 0.643 bits per heavy atom. The molecule has 4 atom stereocenters. The second-order valence-corrected chi connectivity index (χ2v) is 9.28. The molecule has 28 heavy (non-hydrogen) atoms. The van der Waals surface area contributed by atoms with Crippen LogP contribution in [-0.4, -0.2) is 60.4 Å². The van der Waals surface area contributed by atoms with Crippen molar-refractivity contribution in [3.63, 3.8) is 0 Å². The Morgan fingerprint density at radius 2 is 1.07 bits per heavy atom. The highest BCUT2D eigenvalue weighted by molar-refractivity contribution is 5.23. The minimum absolute atomic E-state index is 0.478. The van der Waals surface area contributed by atoms with Crippen LogP contribution >= 0.6 is 0 Å². The van der Waals surface area contributed by atoms with Gasteiger partial charge < -0.3 is 9.47 Å². The molecule has 2 aliphatic heterocycles. The van der Waals surface area contributed by atoms with Crippen LogP contribution in [0.15, 0.2) is 24.3 Å². The highest BCUT2D eigenvalue weighted by atomic mass is 16.5. The second-order valence-electron chi connectivity index (χ2n) is 9.28. The average Bonchev–Trinajstić information content (AvgIpc) is 2.76. The number of nitrogens with zero attached hydrogens (tertiary/aromatic N) is 2. The molecule has 2 heterocycles. The predicted octanol–water partition coefficient (Wildman–Crippen LogP) is 3.97. The van der Waals surface area contributed by atoms with Gasteiger partial charge in [-0.05, 0) is 36.8 Å². The summed E-state index contributed by atoms with van der Waals surface area (Å²) in [5.74, 6) is 0. The van der Waals surface area contributed by atoms with E-state index in [0.717, 1.165) is 39.4 Å². The molecule has 0 aromatic heterocycles. The van der Waals surface area contributed by atoms with Gasteiger partial charge in [0, 0.05) is 38.3 Å². The molecule has 2 saturated heterocycles. The van der Waals surface area contributed by atoms with E-state index < -0.39 is 0 Å². The molecule has 4 nitrogen and oxygen atoms in total. The first-order chi connectivity index (χ1) is 13.9. The number of hydrogen-bond donors (Lipinski definition) is 0. The van der Waals surface area contributed by atoms with E-state index in [1.165, 1.54) is 62.5 Å². The van der Waals surface area contributed by atoms with E-state index in [0.29, 0.717) is 24.3 Å². The molecule has 5 rings (SSSR count). The van der Waals surface area contributed by atoms with Gasteiger partial charge in [-0.25, -0.2) is 0 Å². The monoisotopic (exact) mass is 384 g/mol. The Hall–Kier alpha value is -0.940. The van der Waals surface area contributed by atoms with Crippen LogP contribution < -0.4 is 0 Å². The minimum Gasteiger partial charge on any atom is -0.375 e. The third-order valence-electron chi connectivity index (χ3n) is 7.49. The largest absolute Gasteiger partial charge is 0.375 e. The van der Waals surface area contributed by atoms with Gasteiger partial charge in [0.15, 0.2) is 0 Å². The van der Waals surface area contributed by atoms with Gasteiger partial charge in [0.25, 0.3) is 0 Å². The van der Waals surface area contributed by atoms with Gasteiger partial charge >= 0.3 is 0 Å². The molecule has 154 valence electrons. The summed E-state index contributed by atoms with van der Waals surface area (Å²) in [6.45, 7) is 6.12. The first-order valence-electron chi connectivity index (χ1n) is 11.7. The van der Waals surface area contributed by atoms with Gasteiger partial charge in [0.2, 0.25) is 0 Å². The summed E-state index contributed by atoms with van der Waals surface area (Å²) in [6.07, 6.45) is 11.5. The molecular weight excluding hydrogens is 348 g/mol. The summed E-state index contributed by atoms with van der Waals surface area (Å²) in [5.41, 5.74) is 2.90. The molecule has 0 spiro atoms. The summed E-state index contributed by atoms with van der Waals surface area (Å²) >= 11 is 0. The van der Waals surface area contributed by atoms with Crippen molar-refractivity contribution in [2.75, 3.05) is 26.3 Å². The molecule has 4 unspecified atom stereocenters. The topological polar surface area (TPSA) is 24.9 Å². The zero-order chi connectivity index (χ0) is 18.8. The number of rotatable bonds is 4. The predicted molar refractivity (Wildman–Crippen MR) is 111 cm³/mol. The van der Waals surface area contributed by atoms with Crippen molar-refractivity contribution >= 4 is 0 Å². The Balaban J connectivity index is 1.20. The summed E-state index contributed by atoms with van der Waals surface area (Å²) in [6, 6.07) is 10.7. The molecular formula is C24H36N2O2. The van der Waals surface area contributed by atoms with E-state index in [9.17, 15) is 0 Å². The molecule has 0 amide bonds. The zero-order valence-corrected chi connectivity index (χ0v) is 17.2. The molecule has 0 bridgehead atoms. The van der Waals surface area contributed by atoms with Crippen LogP contribution in [0, 0.1) is 0 Å². The molecule has 2 aliphatic carbocycles. The van der Waals surface area contributed by atoms with Crippen LogP contribution in [-0.2, 0) is 22.6 Å². The third-order valence-corrected chi connectivity index (χ3v) is 7.49. The fourth-order valence-corrected chi connectivity index (χ4v) is 5.96. The highest BCUT2D eigenvalue weighted by Gasteiger charge is 2.35. The maximum atomic E-state index is 6.04. The lowest BCUT2D eigenvalue weighted by molar-refractivity contribution is -0.0914. The van der Waals surface area contributed by atoms with E-state index in [1.807, 2.05) is 0 Å². The van der Waals surface area contributed by atoms with E-state index in [2.05, 4.69) is 34.1 Å². The number of ether oxygens (including phenoxy) is 2. The Labute approximate surface area is 170 Å². The van der Waals surface area contributed by atoms with Crippen molar-refractivity contribution in [2.45, 2.75) is 88.7 Å². The van der Waals surface area contributed by atoms with Gasteiger partial charge in [0.05, 0.1) is 25.4 Å². The second kappa shape index (κ2) is 8.83. The lowest BCUT2D eigenvalue weighted by Gasteiger charge is -2.44. The maximum Gasteiger partial charge on any atom is 0.0731 e. The zero-order valence-electron chi connectivity index (χ0n) is 17.2. The van der Waals surface area contributed by atoms with Crippen LogP contribution in [0.3, 0.4) is 0 Å². The summed E-state index contributed by atoms with van der Waals surface area (Å²) in [4.78, 5) is 5.36. The highest BCUT2D eigenvalue weighted by Crippen LogP contribution is 2.31. The quantitative estimate of drug-likeness (QED) is 0.784. The minimum atomic E-state index is 0.478. The van der Waals surface area contributed by atoms with Crippen LogP contribution in [0.1, 0.15) is 62.5 Å². The Morgan fingerprint density at radius 3 is 1.54 bits per heavy atom. The van der Waals surface area contributed by atoms with Crippen LogP contribution in [0.25, 0.3) is 0 Å². The van der Waals surface area contributed by atoms with Crippen molar-refractivity contribution < 1.29 is 9.47 Å². The maximum absolute atomic E-state index is 6.04. The van der Waals surface area contributed by atoms with E-state index in [-0.39, 0.29) is 0 Å². The molecule has 1 aromatic carbocycles. The van der Waals surface area contributed by atoms with Crippen LogP contribution in [0.4, 0.5) is 0 Å². The lowest BCUT2D eigenvalue weighted by Crippen LogP contribution is -2.52. The molecule has 0 radical (unpaired) electrons.